The highest BCUT2D eigenvalue weighted by Crippen LogP contribution is 2.36. The number of benzene rings is 1. The number of nitrogens with one attached hydrogen (secondary N) is 1. The Kier molecular flexibility index (Phi) is 8.67. The van der Waals surface area contributed by atoms with Gasteiger partial charge in [0.25, 0.3) is 0 Å². The first-order valence-corrected chi connectivity index (χ1v) is 9.21. The van der Waals surface area contributed by atoms with Crippen molar-refractivity contribution in [2.75, 3.05) is 52.6 Å². The van der Waals surface area contributed by atoms with Crippen molar-refractivity contribution in [1.82, 2.24) is 10.2 Å². The zero-order valence-corrected chi connectivity index (χ0v) is 15.5. The number of nitrogens with zero attached hydrogens (tertiary/aromatic N) is 1. The molecule has 1 saturated heterocycles. The molecule has 1 aliphatic heterocycles. The van der Waals surface area contributed by atoms with Crippen LogP contribution in [0.5, 0.6) is 11.5 Å². The Hall–Kier alpha value is -1.01. The van der Waals surface area contributed by atoms with Crippen LogP contribution in [0, 0.1) is 0 Å². The Morgan fingerprint density at radius 3 is 2.71 bits per heavy atom. The van der Waals surface area contributed by atoms with Crippen molar-refractivity contribution in [3.63, 3.8) is 0 Å². The summed E-state index contributed by atoms with van der Waals surface area (Å²) in [7, 11) is 0. The van der Waals surface area contributed by atoms with Crippen molar-refractivity contribution in [3.05, 3.63) is 22.7 Å². The van der Waals surface area contributed by atoms with Gasteiger partial charge in [0.2, 0.25) is 0 Å². The molecule has 1 aliphatic rings. The van der Waals surface area contributed by atoms with E-state index in [1.165, 1.54) is 0 Å². The molecule has 1 heterocycles. The molecule has 0 aromatic heterocycles. The Morgan fingerprint density at radius 2 is 2.00 bits per heavy atom. The summed E-state index contributed by atoms with van der Waals surface area (Å²) < 4.78 is 16.8. The lowest BCUT2D eigenvalue weighted by Gasteiger charge is -2.26. The third-order valence-electron chi connectivity index (χ3n) is 3.86. The van der Waals surface area contributed by atoms with Gasteiger partial charge in [-0.05, 0) is 31.0 Å². The Labute approximate surface area is 150 Å². The molecule has 0 aliphatic carbocycles. The molecule has 0 bridgehead atoms. The van der Waals surface area contributed by atoms with Gasteiger partial charge in [-0.2, -0.15) is 0 Å². The monoisotopic (exact) mass is 356 g/mol. The van der Waals surface area contributed by atoms with Gasteiger partial charge in [-0.15, -0.1) is 0 Å². The molecule has 0 radical (unpaired) electrons. The van der Waals surface area contributed by atoms with E-state index in [2.05, 4.69) is 17.1 Å². The highest BCUT2D eigenvalue weighted by atomic mass is 35.5. The average molecular weight is 357 g/mol. The van der Waals surface area contributed by atoms with Crippen LogP contribution in [-0.4, -0.2) is 57.5 Å². The van der Waals surface area contributed by atoms with E-state index < -0.39 is 0 Å². The number of hydrogen-bond acceptors (Lipinski definition) is 5. The molecule has 0 saturated carbocycles. The van der Waals surface area contributed by atoms with Crippen LogP contribution in [0.3, 0.4) is 0 Å². The summed E-state index contributed by atoms with van der Waals surface area (Å²) in [5, 5.41) is 4.08. The van der Waals surface area contributed by atoms with E-state index in [9.17, 15) is 0 Å². The molecule has 6 heteroatoms. The maximum Gasteiger partial charge on any atom is 0.179 e. The molecule has 5 nitrogen and oxygen atoms in total. The lowest BCUT2D eigenvalue weighted by Crippen LogP contribution is -2.40. The first-order chi connectivity index (χ1) is 11.7. The van der Waals surface area contributed by atoms with Gasteiger partial charge < -0.3 is 19.5 Å². The molecule has 0 spiro atoms. The van der Waals surface area contributed by atoms with Gasteiger partial charge in [-0.1, -0.05) is 18.5 Å². The molecule has 0 unspecified atom stereocenters. The van der Waals surface area contributed by atoms with Crippen molar-refractivity contribution >= 4 is 11.6 Å². The molecule has 24 heavy (non-hydrogen) atoms. The second-order valence-electron chi connectivity index (χ2n) is 5.82. The highest BCUT2D eigenvalue weighted by Gasteiger charge is 2.13. The van der Waals surface area contributed by atoms with Crippen molar-refractivity contribution in [2.45, 2.75) is 26.8 Å². The Bertz CT molecular complexity index is 493. The van der Waals surface area contributed by atoms with Crippen LogP contribution in [0.4, 0.5) is 0 Å². The fraction of sp³-hybridized carbons (Fsp3) is 0.667. The van der Waals surface area contributed by atoms with E-state index in [1.807, 2.05) is 19.1 Å². The van der Waals surface area contributed by atoms with Crippen LogP contribution in [0.1, 0.15) is 25.8 Å². The maximum absolute atomic E-state index is 6.39. The van der Waals surface area contributed by atoms with Crippen molar-refractivity contribution in [2.24, 2.45) is 0 Å². The highest BCUT2D eigenvalue weighted by molar-refractivity contribution is 6.32. The molecule has 1 aromatic carbocycles. The van der Waals surface area contributed by atoms with Gasteiger partial charge >= 0.3 is 0 Å². The minimum atomic E-state index is 0.590. The van der Waals surface area contributed by atoms with Crippen LogP contribution in [-0.2, 0) is 11.3 Å². The lowest BCUT2D eigenvalue weighted by molar-refractivity contribution is 0.0384. The predicted octanol–water partition coefficient (Wildman–Crippen LogP) is 2.95. The van der Waals surface area contributed by atoms with Crippen molar-refractivity contribution in [3.8, 4) is 11.5 Å². The second-order valence-corrected chi connectivity index (χ2v) is 6.22. The number of halogens is 1. The molecular weight excluding hydrogens is 328 g/mol. The number of morpholine rings is 1. The Balaban J connectivity index is 1.87. The summed E-state index contributed by atoms with van der Waals surface area (Å²) in [4.78, 5) is 2.41. The normalized spacial score (nSPS) is 15.5. The minimum Gasteiger partial charge on any atom is -0.490 e. The van der Waals surface area contributed by atoms with E-state index in [4.69, 9.17) is 25.8 Å². The van der Waals surface area contributed by atoms with Crippen LogP contribution in [0.15, 0.2) is 12.1 Å². The van der Waals surface area contributed by atoms with Crippen LogP contribution in [0.2, 0.25) is 5.02 Å². The molecule has 0 atom stereocenters. The fourth-order valence-electron chi connectivity index (χ4n) is 2.63. The second kappa shape index (κ2) is 10.8. The molecule has 1 fully saturated rings. The van der Waals surface area contributed by atoms with Crippen LogP contribution < -0.4 is 14.8 Å². The topological polar surface area (TPSA) is 43.0 Å². The van der Waals surface area contributed by atoms with E-state index >= 15 is 0 Å². The summed E-state index contributed by atoms with van der Waals surface area (Å²) in [6.07, 6.45) is 0.937. The minimum absolute atomic E-state index is 0.590. The molecule has 136 valence electrons. The van der Waals surface area contributed by atoms with Gasteiger partial charge in [0, 0.05) is 32.7 Å². The van der Waals surface area contributed by atoms with Crippen molar-refractivity contribution in [1.29, 1.82) is 0 Å². The number of ether oxygens (including phenoxy) is 3. The van der Waals surface area contributed by atoms with E-state index in [1.54, 1.807) is 0 Å². The zero-order valence-electron chi connectivity index (χ0n) is 14.8. The first kappa shape index (κ1) is 19.3. The van der Waals surface area contributed by atoms with Crippen LogP contribution in [0.25, 0.3) is 0 Å². The van der Waals surface area contributed by atoms with Gasteiger partial charge in [0.05, 0.1) is 31.5 Å². The fourth-order valence-corrected chi connectivity index (χ4v) is 2.91. The number of hydrogen-bond donors (Lipinski definition) is 1. The molecule has 2 rings (SSSR count). The summed E-state index contributed by atoms with van der Waals surface area (Å²) in [6.45, 7) is 11.7. The predicted molar refractivity (Wildman–Crippen MR) is 97.4 cm³/mol. The van der Waals surface area contributed by atoms with E-state index in [-0.39, 0.29) is 0 Å². The quantitative estimate of drug-likeness (QED) is 0.653. The van der Waals surface area contributed by atoms with E-state index in [0.717, 1.165) is 63.7 Å². The molecule has 1 N–H and O–H groups in total. The standard InChI is InChI=1S/C18H29ClN2O3/c1-3-9-24-18-16(19)12-15(13-17(18)23-4-2)14-20-5-6-21-7-10-22-11-8-21/h12-13,20H,3-11,14H2,1-2H3. The molecular formula is C18H29ClN2O3. The van der Waals surface area contributed by atoms with Gasteiger partial charge in [0.1, 0.15) is 0 Å². The van der Waals surface area contributed by atoms with Crippen LogP contribution >= 0.6 is 11.6 Å². The molecule has 1 aromatic rings. The average Bonchev–Trinajstić information content (AvgIpc) is 2.59. The van der Waals surface area contributed by atoms with Gasteiger partial charge in [-0.25, -0.2) is 0 Å². The third-order valence-corrected chi connectivity index (χ3v) is 4.14. The smallest absolute Gasteiger partial charge is 0.179 e. The maximum atomic E-state index is 6.39. The Morgan fingerprint density at radius 1 is 1.21 bits per heavy atom. The summed E-state index contributed by atoms with van der Waals surface area (Å²) in [6, 6.07) is 3.97. The first-order valence-electron chi connectivity index (χ1n) is 8.83. The number of rotatable bonds is 10. The summed E-state index contributed by atoms with van der Waals surface area (Å²) in [5.74, 6) is 1.38. The van der Waals surface area contributed by atoms with Gasteiger partial charge in [0.15, 0.2) is 11.5 Å². The largest absolute Gasteiger partial charge is 0.490 e. The third kappa shape index (κ3) is 6.13. The zero-order chi connectivity index (χ0) is 17.2. The summed E-state index contributed by atoms with van der Waals surface area (Å²) in [5.41, 5.74) is 1.11. The van der Waals surface area contributed by atoms with E-state index in [0.29, 0.717) is 24.0 Å². The van der Waals surface area contributed by atoms with Crippen molar-refractivity contribution < 1.29 is 14.2 Å². The summed E-state index contributed by atoms with van der Waals surface area (Å²) >= 11 is 6.39. The lowest BCUT2D eigenvalue weighted by atomic mass is 10.2. The van der Waals surface area contributed by atoms with Gasteiger partial charge in [-0.3, -0.25) is 4.90 Å². The SMILES string of the molecule is CCCOc1c(Cl)cc(CNCCN2CCOCC2)cc1OCC. The molecule has 0 amide bonds.